The molecule has 0 bridgehead atoms. The van der Waals surface area contributed by atoms with Gasteiger partial charge in [0.2, 0.25) is 0 Å². The lowest BCUT2D eigenvalue weighted by molar-refractivity contribution is 0.242. The smallest absolute Gasteiger partial charge is 0.0470 e. The van der Waals surface area contributed by atoms with E-state index in [1.807, 2.05) is 6.07 Å². The van der Waals surface area contributed by atoms with E-state index in [0.717, 1.165) is 6.54 Å². The molecule has 0 aliphatic rings. The zero-order chi connectivity index (χ0) is 13.7. The van der Waals surface area contributed by atoms with Crippen LogP contribution in [0, 0.1) is 6.92 Å². The largest absolute Gasteiger partial charge is 0.329 e. The monoisotopic (exact) mass is 254 g/mol. The van der Waals surface area contributed by atoms with Gasteiger partial charge in [-0.3, -0.25) is 4.90 Å². The summed E-state index contributed by atoms with van der Waals surface area (Å²) >= 11 is 0. The summed E-state index contributed by atoms with van der Waals surface area (Å²) in [6, 6.07) is 19.4. The van der Waals surface area contributed by atoms with Crippen molar-refractivity contribution in [3.05, 3.63) is 71.3 Å². The molecule has 0 radical (unpaired) electrons. The number of rotatable bonds is 5. The standard InChI is InChI=1S/C17H22N2/c1-14-8-10-15(11-9-14)13-19(2)17(12-18)16-6-4-3-5-7-16/h3-11,17H,12-13,18H2,1-2H3. The molecule has 2 aromatic rings. The Balaban J connectivity index is 2.09. The van der Waals surface area contributed by atoms with Gasteiger partial charge in [0.05, 0.1) is 0 Å². The molecule has 1 atom stereocenters. The summed E-state index contributed by atoms with van der Waals surface area (Å²) in [5.41, 5.74) is 9.84. The fourth-order valence-corrected chi connectivity index (χ4v) is 2.34. The summed E-state index contributed by atoms with van der Waals surface area (Å²) in [6.07, 6.45) is 0. The van der Waals surface area contributed by atoms with Gasteiger partial charge in [-0.1, -0.05) is 60.2 Å². The second kappa shape index (κ2) is 6.50. The average molecular weight is 254 g/mol. The summed E-state index contributed by atoms with van der Waals surface area (Å²) in [4.78, 5) is 2.31. The highest BCUT2D eigenvalue weighted by Crippen LogP contribution is 2.20. The molecular weight excluding hydrogens is 232 g/mol. The zero-order valence-corrected chi connectivity index (χ0v) is 11.7. The molecule has 0 aromatic heterocycles. The van der Waals surface area contributed by atoms with E-state index in [1.165, 1.54) is 16.7 Å². The number of aryl methyl sites for hydroxylation is 1. The predicted octanol–water partition coefficient (Wildman–Crippen LogP) is 3.13. The average Bonchev–Trinajstić information content (AvgIpc) is 2.43. The van der Waals surface area contributed by atoms with Crippen molar-refractivity contribution in [2.45, 2.75) is 19.5 Å². The highest BCUT2D eigenvalue weighted by Gasteiger charge is 2.15. The van der Waals surface area contributed by atoms with Crippen molar-refractivity contribution in [1.82, 2.24) is 4.90 Å². The molecule has 0 spiro atoms. The van der Waals surface area contributed by atoms with E-state index in [0.29, 0.717) is 6.54 Å². The third-order valence-electron chi connectivity index (χ3n) is 3.49. The van der Waals surface area contributed by atoms with E-state index in [9.17, 15) is 0 Å². The Morgan fingerprint density at radius 3 is 2.21 bits per heavy atom. The molecule has 0 aliphatic carbocycles. The highest BCUT2D eigenvalue weighted by atomic mass is 15.1. The van der Waals surface area contributed by atoms with E-state index in [-0.39, 0.29) is 6.04 Å². The van der Waals surface area contributed by atoms with Crippen LogP contribution in [0.1, 0.15) is 22.7 Å². The Morgan fingerprint density at radius 1 is 1.00 bits per heavy atom. The molecule has 2 aromatic carbocycles. The van der Waals surface area contributed by atoms with Crippen molar-refractivity contribution in [1.29, 1.82) is 0 Å². The molecule has 0 fully saturated rings. The molecule has 2 nitrogen and oxygen atoms in total. The number of nitrogens with two attached hydrogens (primary N) is 1. The fraction of sp³-hybridized carbons (Fsp3) is 0.294. The number of hydrogen-bond donors (Lipinski definition) is 1. The van der Waals surface area contributed by atoms with Gasteiger partial charge in [-0.05, 0) is 25.1 Å². The van der Waals surface area contributed by atoms with Crippen molar-refractivity contribution in [2.24, 2.45) is 5.73 Å². The van der Waals surface area contributed by atoms with Crippen LogP contribution in [-0.4, -0.2) is 18.5 Å². The molecule has 0 saturated heterocycles. The van der Waals surface area contributed by atoms with Crippen molar-refractivity contribution in [2.75, 3.05) is 13.6 Å². The second-order valence-corrected chi connectivity index (χ2v) is 5.06. The first-order valence-electron chi connectivity index (χ1n) is 6.71. The van der Waals surface area contributed by atoms with Crippen LogP contribution in [-0.2, 0) is 6.54 Å². The molecular formula is C17H22N2. The van der Waals surface area contributed by atoms with Gasteiger partial charge in [-0.2, -0.15) is 0 Å². The molecule has 19 heavy (non-hydrogen) atoms. The van der Waals surface area contributed by atoms with Crippen molar-refractivity contribution >= 4 is 0 Å². The highest BCUT2D eigenvalue weighted by molar-refractivity contribution is 5.23. The van der Waals surface area contributed by atoms with Gasteiger partial charge in [-0.15, -0.1) is 0 Å². The normalized spacial score (nSPS) is 12.6. The first kappa shape index (κ1) is 13.8. The number of hydrogen-bond acceptors (Lipinski definition) is 2. The Hall–Kier alpha value is -1.64. The summed E-state index contributed by atoms with van der Waals surface area (Å²) in [6.45, 7) is 3.66. The first-order chi connectivity index (χ1) is 9.20. The van der Waals surface area contributed by atoms with Crippen LogP contribution < -0.4 is 5.73 Å². The van der Waals surface area contributed by atoms with E-state index in [4.69, 9.17) is 5.73 Å². The molecule has 0 amide bonds. The van der Waals surface area contributed by atoms with Gasteiger partial charge >= 0.3 is 0 Å². The third-order valence-corrected chi connectivity index (χ3v) is 3.49. The van der Waals surface area contributed by atoms with E-state index >= 15 is 0 Å². The molecule has 2 heteroatoms. The van der Waals surface area contributed by atoms with Crippen LogP contribution in [0.5, 0.6) is 0 Å². The maximum Gasteiger partial charge on any atom is 0.0470 e. The summed E-state index contributed by atoms with van der Waals surface area (Å²) in [5.74, 6) is 0. The van der Waals surface area contributed by atoms with E-state index in [2.05, 4.69) is 67.4 Å². The van der Waals surface area contributed by atoms with Crippen LogP contribution in [0.25, 0.3) is 0 Å². The number of nitrogens with zero attached hydrogens (tertiary/aromatic N) is 1. The molecule has 0 aliphatic heterocycles. The van der Waals surface area contributed by atoms with Crippen LogP contribution in [0.15, 0.2) is 54.6 Å². The summed E-state index contributed by atoms with van der Waals surface area (Å²) in [5, 5.41) is 0. The third kappa shape index (κ3) is 3.66. The van der Waals surface area contributed by atoms with Gasteiger partial charge in [-0.25, -0.2) is 0 Å². The molecule has 2 rings (SSSR count). The fourth-order valence-electron chi connectivity index (χ4n) is 2.34. The predicted molar refractivity (Wildman–Crippen MR) is 80.9 cm³/mol. The Bertz CT molecular complexity index is 490. The van der Waals surface area contributed by atoms with Crippen molar-refractivity contribution < 1.29 is 0 Å². The van der Waals surface area contributed by atoms with Crippen LogP contribution in [0.2, 0.25) is 0 Å². The van der Waals surface area contributed by atoms with Gasteiger partial charge in [0.1, 0.15) is 0 Å². The number of benzene rings is 2. The maximum atomic E-state index is 5.94. The minimum Gasteiger partial charge on any atom is -0.329 e. The van der Waals surface area contributed by atoms with E-state index < -0.39 is 0 Å². The topological polar surface area (TPSA) is 29.3 Å². The lowest BCUT2D eigenvalue weighted by atomic mass is 10.0. The van der Waals surface area contributed by atoms with Crippen LogP contribution >= 0.6 is 0 Å². The number of likely N-dealkylation sites (N-methyl/N-ethyl adjacent to an activating group) is 1. The first-order valence-corrected chi connectivity index (χ1v) is 6.71. The zero-order valence-electron chi connectivity index (χ0n) is 11.7. The van der Waals surface area contributed by atoms with Crippen LogP contribution in [0.4, 0.5) is 0 Å². The molecule has 1 unspecified atom stereocenters. The SMILES string of the molecule is Cc1ccc(CN(C)C(CN)c2ccccc2)cc1. The lowest BCUT2D eigenvalue weighted by Gasteiger charge is -2.27. The maximum absolute atomic E-state index is 5.94. The Kier molecular flexibility index (Phi) is 4.72. The van der Waals surface area contributed by atoms with Crippen LogP contribution in [0.3, 0.4) is 0 Å². The molecule has 0 saturated carbocycles. The Labute approximate surface area is 115 Å². The Morgan fingerprint density at radius 2 is 1.63 bits per heavy atom. The summed E-state index contributed by atoms with van der Waals surface area (Å²) < 4.78 is 0. The van der Waals surface area contributed by atoms with Crippen molar-refractivity contribution in [3.8, 4) is 0 Å². The quantitative estimate of drug-likeness (QED) is 0.888. The minimum absolute atomic E-state index is 0.266. The van der Waals surface area contributed by atoms with E-state index in [1.54, 1.807) is 0 Å². The van der Waals surface area contributed by atoms with Gasteiger partial charge in [0.25, 0.3) is 0 Å². The van der Waals surface area contributed by atoms with Gasteiger partial charge in [0.15, 0.2) is 0 Å². The van der Waals surface area contributed by atoms with Gasteiger partial charge < -0.3 is 5.73 Å². The molecule has 0 heterocycles. The molecule has 2 N–H and O–H groups in total. The summed E-state index contributed by atoms with van der Waals surface area (Å²) in [7, 11) is 2.13. The van der Waals surface area contributed by atoms with Crippen molar-refractivity contribution in [3.63, 3.8) is 0 Å². The van der Waals surface area contributed by atoms with Gasteiger partial charge in [0, 0.05) is 19.1 Å². The minimum atomic E-state index is 0.266. The molecule has 100 valence electrons. The second-order valence-electron chi connectivity index (χ2n) is 5.06. The lowest BCUT2D eigenvalue weighted by Crippen LogP contribution is -2.30.